The lowest BCUT2D eigenvalue weighted by Crippen LogP contribution is -2.07. The van der Waals surface area contributed by atoms with Crippen LogP contribution in [-0.4, -0.2) is 13.1 Å². The maximum Gasteiger partial charge on any atom is 0.293 e. The van der Waals surface area contributed by atoms with Crippen molar-refractivity contribution in [1.29, 1.82) is 0 Å². The fourth-order valence-corrected chi connectivity index (χ4v) is 2.28. The molecule has 0 unspecified atom stereocenters. The van der Waals surface area contributed by atoms with Crippen molar-refractivity contribution in [3.8, 4) is 0 Å². The van der Waals surface area contributed by atoms with Crippen LogP contribution < -0.4 is 0 Å². The van der Waals surface area contributed by atoms with E-state index in [0.717, 1.165) is 51.4 Å². The van der Waals surface area contributed by atoms with Gasteiger partial charge in [-0.3, -0.25) is 4.79 Å². The average Bonchev–Trinajstić information content (AvgIpc) is 2.63. The average molecular weight is 345 g/mol. The van der Waals surface area contributed by atoms with E-state index in [1.807, 2.05) is 0 Å². The van der Waals surface area contributed by atoms with Crippen molar-refractivity contribution in [3.05, 3.63) is 60.8 Å². The number of hydrogen-bond acceptors (Lipinski definition) is 2. The van der Waals surface area contributed by atoms with Crippen LogP contribution in [0, 0.1) is 5.92 Å². The van der Waals surface area contributed by atoms with E-state index in [9.17, 15) is 4.79 Å². The molecule has 0 aromatic heterocycles. The number of rotatable bonds is 16. The third kappa shape index (κ3) is 18.4. The fourth-order valence-electron chi connectivity index (χ4n) is 2.28. The Morgan fingerprint density at radius 1 is 0.720 bits per heavy atom. The molecule has 0 aromatic rings. The summed E-state index contributed by atoms with van der Waals surface area (Å²) in [4.78, 5) is 10.2. The van der Waals surface area contributed by atoms with Gasteiger partial charge < -0.3 is 4.74 Å². The van der Waals surface area contributed by atoms with Crippen LogP contribution >= 0.6 is 0 Å². The Kier molecular flexibility index (Phi) is 18.7. The zero-order valence-corrected chi connectivity index (χ0v) is 16.1. The molecular formula is C23H36O2. The Morgan fingerprint density at radius 3 is 1.64 bits per heavy atom. The van der Waals surface area contributed by atoms with Crippen LogP contribution in [0.2, 0.25) is 0 Å². The van der Waals surface area contributed by atoms with E-state index in [0.29, 0.717) is 19.0 Å². The van der Waals surface area contributed by atoms with Gasteiger partial charge in [0.15, 0.2) is 0 Å². The summed E-state index contributed by atoms with van der Waals surface area (Å²) in [5, 5.41) is 0. The van der Waals surface area contributed by atoms with E-state index in [1.54, 1.807) is 0 Å². The zero-order chi connectivity index (χ0) is 18.4. The van der Waals surface area contributed by atoms with Gasteiger partial charge in [-0.15, -0.1) is 0 Å². The van der Waals surface area contributed by atoms with Gasteiger partial charge in [-0.05, 0) is 50.9 Å². The summed E-state index contributed by atoms with van der Waals surface area (Å²) in [5.41, 5.74) is 0. The Hall–Kier alpha value is -1.83. The molecule has 0 fully saturated rings. The molecule has 0 radical (unpaired) electrons. The lowest BCUT2D eigenvalue weighted by Gasteiger charge is -2.11. The first-order valence-electron chi connectivity index (χ1n) is 9.65. The topological polar surface area (TPSA) is 26.3 Å². The Bertz CT molecular complexity index is 427. The highest BCUT2D eigenvalue weighted by molar-refractivity contribution is 5.36. The van der Waals surface area contributed by atoms with Crippen LogP contribution in [0.15, 0.2) is 60.8 Å². The van der Waals surface area contributed by atoms with Crippen molar-refractivity contribution in [2.75, 3.05) is 6.61 Å². The van der Waals surface area contributed by atoms with Gasteiger partial charge in [-0.1, -0.05) is 81.0 Å². The van der Waals surface area contributed by atoms with E-state index < -0.39 is 0 Å². The highest BCUT2D eigenvalue weighted by atomic mass is 16.5. The summed E-state index contributed by atoms with van der Waals surface area (Å²) in [5.74, 6) is 0.479. The summed E-state index contributed by atoms with van der Waals surface area (Å²) in [6.45, 7) is 5.38. The highest BCUT2D eigenvalue weighted by Crippen LogP contribution is 2.11. The smallest absolute Gasteiger partial charge is 0.293 e. The molecule has 0 amide bonds. The lowest BCUT2D eigenvalue weighted by molar-refractivity contribution is -0.130. The van der Waals surface area contributed by atoms with Gasteiger partial charge in [0.2, 0.25) is 0 Å². The van der Waals surface area contributed by atoms with Crippen molar-refractivity contribution in [3.63, 3.8) is 0 Å². The van der Waals surface area contributed by atoms with Crippen LogP contribution in [0.25, 0.3) is 0 Å². The van der Waals surface area contributed by atoms with Crippen LogP contribution in [0.5, 0.6) is 0 Å². The number of carbonyl (C=O) groups is 1. The number of allylic oxidation sites excluding steroid dienone is 10. The molecule has 0 N–H and O–H groups in total. The predicted molar refractivity (Wildman–Crippen MR) is 109 cm³/mol. The van der Waals surface area contributed by atoms with Crippen molar-refractivity contribution in [2.45, 2.75) is 65.2 Å². The van der Waals surface area contributed by atoms with E-state index in [-0.39, 0.29) is 0 Å². The molecule has 2 nitrogen and oxygen atoms in total. The first-order chi connectivity index (χ1) is 12.3. The second-order valence-electron chi connectivity index (χ2n) is 5.99. The van der Waals surface area contributed by atoms with E-state index >= 15 is 0 Å². The summed E-state index contributed by atoms with van der Waals surface area (Å²) >= 11 is 0. The lowest BCUT2D eigenvalue weighted by atomic mass is 10.0. The molecule has 0 heterocycles. The van der Waals surface area contributed by atoms with E-state index in [1.165, 1.54) is 0 Å². The SMILES string of the molecule is CC/C=C\C/C=C\C/C=C\C/C=C\C/C=C\CC[C@H](CC)COC=O. The third-order valence-corrected chi connectivity index (χ3v) is 3.88. The Balaban J connectivity index is 3.60. The molecule has 140 valence electrons. The molecule has 0 rings (SSSR count). The van der Waals surface area contributed by atoms with Crippen molar-refractivity contribution in [1.82, 2.24) is 0 Å². The van der Waals surface area contributed by atoms with Crippen LogP contribution in [0.1, 0.15) is 65.2 Å². The van der Waals surface area contributed by atoms with Gasteiger partial charge in [-0.25, -0.2) is 0 Å². The minimum Gasteiger partial charge on any atom is -0.468 e. The molecule has 25 heavy (non-hydrogen) atoms. The highest BCUT2D eigenvalue weighted by Gasteiger charge is 2.04. The minimum atomic E-state index is 0.479. The Labute approximate surface area is 155 Å². The van der Waals surface area contributed by atoms with Gasteiger partial charge in [0.1, 0.15) is 0 Å². The van der Waals surface area contributed by atoms with Crippen molar-refractivity contribution >= 4 is 6.47 Å². The molecule has 0 aliphatic carbocycles. The molecule has 1 atom stereocenters. The maximum atomic E-state index is 10.2. The van der Waals surface area contributed by atoms with Gasteiger partial charge in [0.25, 0.3) is 6.47 Å². The van der Waals surface area contributed by atoms with Crippen LogP contribution in [0.3, 0.4) is 0 Å². The predicted octanol–water partition coefficient (Wildman–Crippen LogP) is 6.72. The minimum absolute atomic E-state index is 0.479. The fraction of sp³-hybridized carbons (Fsp3) is 0.522. The first kappa shape index (κ1) is 23.2. The first-order valence-corrected chi connectivity index (χ1v) is 9.65. The molecule has 0 aromatic carbocycles. The van der Waals surface area contributed by atoms with Gasteiger partial charge in [0, 0.05) is 0 Å². The summed E-state index contributed by atoms with van der Waals surface area (Å²) in [6, 6.07) is 0. The van der Waals surface area contributed by atoms with E-state index in [2.05, 4.69) is 74.6 Å². The van der Waals surface area contributed by atoms with Crippen molar-refractivity contribution in [2.24, 2.45) is 5.92 Å². The third-order valence-electron chi connectivity index (χ3n) is 3.88. The molecule has 0 saturated heterocycles. The second-order valence-corrected chi connectivity index (χ2v) is 5.99. The number of carbonyl (C=O) groups excluding carboxylic acids is 1. The number of hydrogen-bond donors (Lipinski definition) is 0. The Morgan fingerprint density at radius 2 is 1.20 bits per heavy atom. The summed E-state index contributed by atoms with van der Waals surface area (Å²) in [6.07, 6.45) is 30.4. The molecular weight excluding hydrogens is 308 g/mol. The molecule has 0 aliphatic rings. The normalized spacial score (nSPS) is 13.8. The van der Waals surface area contributed by atoms with Gasteiger partial charge in [-0.2, -0.15) is 0 Å². The summed E-state index contributed by atoms with van der Waals surface area (Å²) in [7, 11) is 0. The van der Waals surface area contributed by atoms with Crippen LogP contribution in [-0.2, 0) is 9.53 Å². The second kappa shape index (κ2) is 20.2. The molecule has 0 aliphatic heterocycles. The molecule has 0 spiro atoms. The zero-order valence-electron chi connectivity index (χ0n) is 16.1. The number of ether oxygens (including phenoxy) is 1. The molecule has 0 saturated carbocycles. The van der Waals surface area contributed by atoms with E-state index in [4.69, 9.17) is 4.74 Å². The largest absolute Gasteiger partial charge is 0.468 e. The standard InChI is InChI=1S/C23H36O2/c1-3-5-6-7-8-9-10-11-12-13-14-15-16-17-18-19-20-23(4-2)21-25-22-24/h5-6,8-9,11-12,14-15,17-18,22-23H,3-4,7,10,13,16,19-21H2,1-2H3/b6-5-,9-8-,12-11-,15-14-,18-17-/t23-/m0/s1. The van der Waals surface area contributed by atoms with Gasteiger partial charge >= 0.3 is 0 Å². The van der Waals surface area contributed by atoms with Crippen LogP contribution in [0.4, 0.5) is 0 Å². The molecule has 0 bridgehead atoms. The maximum absolute atomic E-state index is 10.2. The van der Waals surface area contributed by atoms with Crippen molar-refractivity contribution < 1.29 is 9.53 Å². The quantitative estimate of drug-likeness (QED) is 0.229. The molecule has 2 heteroatoms. The summed E-state index contributed by atoms with van der Waals surface area (Å²) < 4.78 is 4.84. The monoisotopic (exact) mass is 344 g/mol. The van der Waals surface area contributed by atoms with Gasteiger partial charge in [0.05, 0.1) is 6.61 Å².